The summed E-state index contributed by atoms with van der Waals surface area (Å²) in [6.07, 6.45) is 5.08. The molecule has 0 aliphatic heterocycles. The van der Waals surface area contributed by atoms with Gasteiger partial charge in [-0.15, -0.1) is 0 Å². The lowest BCUT2D eigenvalue weighted by atomic mass is 9.64. The molecule has 0 radical (unpaired) electrons. The SMILES string of the molecule is Cc1ccnc(-n2nc(C(N)=O)c3c2CC2CC3C2)c1. The summed E-state index contributed by atoms with van der Waals surface area (Å²) in [5, 5.41) is 4.46. The van der Waals surface area contributed by atoms with Gasteiger partial charge < -0.3 is 5.73 Å². The van der Waals surface area contributed by atoms with Crippen molar-refractivity contribution in [2.75, 3.05) is 0 Å². The Bertz CT molecular complexity index is 713. The van der Waals surface area contributed by atoms with Crippen LogP contribution < -0.4 is 5.73 Å². The Balaban J connectivity index is 1.93. The fraction of sp³-hybridized carbons (Fsp3) is 0.400. The largest absolute Gasteiger partial charge is 0.364 e. The number of nitrogens with zero attached hydrogens (tertiary/aromatic N) is 3. The van der Waals surface area contributed by atoms with E-state index in [0.717, 1.165) is 35.0 Å². The predicted molar refractivity (Wildman–Crippen MR) is 73.8 cm³/mol. The molecule has 2 heterocycles. The van der Waals surface area contributed by atoms with Crippen molar-refractivity contribution in [3.8, 4) is 5.82 Å². The van der Waals surface area contributed by atoms with E-state index in [0.29, 0.717) is 11.6 Å². The number of nitrogens with two attached hydrogens (primary N) is 1. The van der Waals surface area contributed by atoms with Crippen molar-refractivity contribution in [2.24, 2.45) is 11.7 Å². The molecule has 0 aromatic carbocycles. The summed E-state index contributed by atoms with van der Waals surface area (Å²) in [6, 6.07) is 3.93. The smallest absolute Gasteiger partial charge is 0.269 e. The second-order valence-corrected chi connectivity index (χ2v) is 5.91. The topological polar surface area (TPSA) is 73.8 Å². The van der Waals surface area contributed by atoms with Gasteiger partial charge in [0.15, 0.2) is 11.5 Å². The number of hydrogen-bond donors (Lipinski definition) is 1. The highest BCUT2D eigenvalue weighted by molar-refractivity contribution is 5.93. The highest BCUT2D eigenvalue weighted by Gasteiger charge is 2.42. The average Bonchev–Trinajstić information content (AvgIpc) is 2.77. The van der Waals surface area contributed by atoms with Crippen molar-refractivity contribution in [3.63, 3.8) is 0 Å². The number of carbonyl (C=O) groups excluding carboxylic acids is 1. The van der Waals surface area contributed by atoms with Crippen LogP contribution in [0.3, 0.4) is 0 Å². The Morgan fingerprint density at radius 1 is 1.45 bits per heavy atom. The van der Waals surface area contributed by atoms with Crippen molar-refractivity contribution in [1.29, 1.82) is 0 Å². The zero-order valence-corrected chi connectivity index (χ0v) is 11.3. The maximum absolute atomic E-state index is 11.7. The Morgan fingerprint density at radius 2 is 2.25 bits per heavy atom. The standard InChI is InChI=1S/C15H16N4O/c1-8-2-3-17-12(4-8)19-11-7-9-5-10(6-9)13(11)14(18-19)15(16)20/h2-4,9-10H,5-7H2,1H3,(H2,16,20). The van der Waals surface area contributed by atoms with Gasteiger partial charge in [-0.3, -0.25) is 4.79 Å². The van der Waals surface area contributed by atoms with Gasteiger partial charge >= 0.3 is 0 Å². The van der Waals surface area contributed by atoms with Crippen LogP contribution in [-0.4, -0.2) is 20.7 Å². The van der Waals surface area contributed by atoms with Gasteiger partial charge in [0, 0.05) is 11.8 Å². The fourth-order valence-electron chi connectivity index (χ4n) is 3.51. The van der Waals surface area contributed by atoms with Crippen LogP contribution in [0.2, 0.25) is 0 Å². The third-order valence-electron chi connectivity index (χ3n) is 4.50. The van der Waals surface area contributed by atoms with Gasteiger partial charge in [0.25, 0.3) is 5.91 Å². The molecule has 1 fully saturated rings. The van der Waals surface area contributed by atoms with Gasteiger partial charge in [-0.1, -0.05) is 0 Å². The molecule has 2 bridgehead atoms. The van der Waals surface area contributed by atoms with Crippen LogP contribution in [0.5, 0.6) is 0 Å². The summed E-state index contributed by atoms with van der Waals surface area (Å²) >= 11 is 0. The van der Waals surface area contributed by atoms with Gasteiger partial charge in [0.2, 0.25) is 0 Å². The molecule has 2 aromatic rings. The van der Waals surface area contributed by atoms with Crippen LogP contribution in [0, 0.1) is 12.8 Å². The zero-order chi connectivity index (χ0) is 13.9. The number of primary amides is 1. The summed E-state index contributed by atoms with van der Waals surface area (Å²) in [5.74, 6) is 1.53. The summed E-state index contributed by atoms with van der Waals surface area (Å²) < 4.78 is 1.82. The number of aromatic nitrogens is 3. The van der Waals surface area contributed by atoms with Crippen LogP contribution >= 0.6 is 0 Å². The number of carbonyl (C=O) groups is 1. The predicted octanol–water partition coefficient (Wildman–Crippen LogP) is 1.72. The third kappa shape index (κ3) is 1.52. The first-order valence-electron chi connectivity index (χ1n) is 6.98. The highest BCUT2D eigenvalue weighted by Crippen LogP contribution is 2.51. The molecule has 2 N–H and O–H groups in total. The van der Waals surface area contributed by atoms with E-state index in [-0.39, 0.29) is 0 Å². The molecule has 1 saturated carbocycles. The number of rotatable bonds is 2. The molecule has 0 saturated heterocycles. The van der Waals surface area contributed by atoms with Crippen molar-refractivity contribution in [3.05, 3.63) is 40.8 Å². The first kappa shape index (κ1) is 11.6. The van der Waals surface area contributed by atoms with E-state index in [1.54, 1.807) is 6.20 Å². The maximum atomic E-state index is 11.7. The van der Waals surface area contributed by atoms with E-state index in [9.17, 15) is 4.79 Å². The van der Waals surface area contributed by atoms with Crippen molar-refractivity contribution < 1.29 is 4.79 Å². The Kier molecular flexibility index (Phi) is 2.28. The molecule has 5 rings (SSSR count). The van der Waals surface area contributed by atoms with Gasteiger partial charge in [0.1, 0.15) is 0 Å². The maximum Gasteiger partial charge on any atom is 0.269 e. The molecule has 0 unspecified atom stereocenters. The summed E-state index contributed by atoms with van der Waals surface area (Å²) in [4.78, 5) is 16.1. The Labute approximate surface area is 116 Å². The molecular weight excluding hydrogens is 252 g/mol. The highest BCUT2D eigenvalue weighted by atomic mass is 16.1. The number of aryl methyl sites for hydroxylation is 1. The van der Waals surface area contributed by atoms with E-state index in [1.165, 1.54) is 12.8 Å². The summed E-state index contributed by atoms with van der Waals surface area (Å²) in [5.41, 5.74) is 9.27. The van der Waals surface area contributed by atoms with Gasteiger partial charge in [-0.25, -0.2) is 9.67 Å². The lowest BCUT2D eigenvalue weighted by Crippen LogP contribution is -2.32. The van der Waals surface area contributed by atoms with E-state index in [2.05, 4.69) is 10.1 Å². The zero-order valence-electron chi connectivity index (χ0n) is 11.3. The first-order valence-corrected chi connectivity index (χ1v) is 6.98. The Hall–Kier alpha value is -2.17. The van der Waals surface area contributed by atoms with E-state index >= 15 is 0 Å². The average molecular weight is 268 g/mol. The molecule has 20 heavy (non-hydrogen) atoms. The minimum absolute atomic E-state index is 0.432. The molecule has 5 heteroatoms. The second kappa shape index (κ2) is 3.91. The van der Waals surface area contributed by atoms with Crippen molar-refractivity contribution in [2.45, 2.75) is 32.1 Å². The Morgan fingerprint density at radius 3 is 2.95 bits per heavy atom. The molecule has 3 aliphatic rings. The van der Waals surface area contributed by atoms with Crippen LogP contribution in [0.1, 0.15) is 46.1 Å². The van der Waals surface area contributed by atoms with Crippen LogP contribution in [0.4, 0.5) is 0 Å². The van der Waals surface area contributed by atoms with Gasteiger partial charge in [-0.2, -0.15) is 5.10 Å². The molecule has 102 valence electrons. The molecular formula is C15H16N4O. The summed E-state index contributed by atoms with van der Waals surface area (Å²) in [6.45, 7) is 2.02. The lowest BCUT2D eigenvalue weighted by molar-refractivity contribution is 0.0991. The third-order valence-corrected chi connectivity index (χ3v) is 4.50. The molecule has 3 aliphatic carbocycles. The molecule has 5 nitrogen and oxygen atoms in total. The normalized spacial score (nSPS) is 23.1. The minimum atomic E-state index is -0.432. The van der Waals surface area contributed by atoms with E-state index < -0.39 is 5.91 Å². The van der Waals surface area contributed by atoms with Crippen molar-refractivity contribution in [1.82, 2.24) is 14.8 Å². The van der Waals surface area contributed by atoms with E-state index in [1.807, 2.05) is 23.7 Å². The second-order valence-electron chi connectivity index (χ2n) is 5.91. The summed E-state index contributed by atoms with van der Waals surface area (Å²) in [7, 11) is 0. The number of hydrogen-bond acceptors (Lipinski definition) is 3. The monoisotopic (exact) mass is 268 g/mol. The van der Waals surface area contributed by atoms with Crippen LogP contribution in [-0.2, 0) is 6.42 Å². The molecule has 1 amide bonds. The number of pyridine rings is 1. The van der Waals surface area contributed by atoms with Crippen LogP contribution in [0.15, 0.2) is 18.3 Å². The van der Waals surface area contributed by atoms with Crippen LogP contribution in [0.25, 0.3) is 5.82 Å². The quantitative estimate of drug-likeness (QED) is 0.901. The van der Waals surface area contributed by atoms with Crippen molar-refractivity contribution >= 4 is 5.91 Å². The fourth-order valence-corrected chi connectivity index (χ4v) is 3.51. The number of amides is 1. The van der Waals surface area contributed by atoms with Gasteiger partial charge in [0.05, 0.1) is 5.69 Å². The molecule has 0 atom stereocenters. The first-order chi connectivity index (χ1) is 9.63. The van der Waals surface area contributed by atoms with Gasteiger partial charge in [-0.05, 0) is 55.7 Å². The molecule has 2 aromatic heterocycles. The molecule has 0 spiro atoms. The lowest BCUT2D eigenvalue weighted by Gasteiger charge is -2.41. The van der Waals surface area contributed by atoms with E-state index in [4.69, 9.17) is 5.73 Å². The minimum Gasteiger partial charge on any atom is -0.364 e.